The van der Waals surface area contributed by atoms with E-state index in [0.717, 1.165) is 5.03 Å². The number of hydrogen-bond acceptors (Lipinski definition) is 2. The molecule has 0 aliphatic rings. The van der Waals surface area contributed by atoms with Gasteiger partial charge in [-0.1, -0.05) is 11.8 Å². The third-order valence-electron chi connectivity index (χ3n) is 1.44. The molecular formula is C8H9IN2S. The first-order valence-corrected chi connectivity index (χ1v) is 4.44. The van der Waals surface area contributed by atoms with Crippen molar-refractivity contribution in [3.05, 3.63) is 23.9 Å². The van der Waals surface area contributed by atoms with Gasteiger partial charge in [0.25, 0.3) is 0 Å². The molecule has 0 spiro atoms. The van der Waals surface area contributed by atoms with Crippen molar-refractivity contribution in [3.8, 4) is 6.07 Å². The van der Waals surface area contributed by atoms with E-state index in [1.54, 1.807) is 17.8 Å². The predicted molar refractivity (Wildman–Crippen MR) is 44.1 cm³/mol. The molecule has 12 heavy (non-hydrogen) atoms. The molecule has 0 aliphatic heterocycles. The van der Waals surface area contributed by atoms with Gasteiger partial charge in [-0.2, -0.15) is 9.83 Å². The van der Waals surface area contributed by atoms with E-state index in [4.69, 9.17) is 5.26 Å². The number of aromatic nitrogens is 1. The van der Waals surface area contributed by atoms with Crippen LogP contribution in [0.25, 0.3) is 0 Å². The SMILES string of the molecule is CSc1cc(C#N)cc[n+]1C.[I-]. The number of nitriles is 1. The molecule has 0 amide bonds. The molecule has 64 valence electrons. The molecule has 4 heteroatoms. The maximum atomic E-state index is 8.58. The summed E-state index contributed by atoms with van der Waals surface area (Å²) in [5.74, 6) is 0. The van der Waals surface area contributed by atoms with E-state index in [9.17, 15) is 0 Å². The maximum absolute atomic E-state index is 8.58. The summed E-state index contributed by atoms with van der Waals surface area (Å²) in [6, 6.07) is 5.79. The molecule has 1 aromatic heterocycles. The van der Waals surface area contributed by atoms with Crippen LogP contribution in [0.2, 0.25) is 0 Å². The van der Waals surface area contributed by atoms with E-state index in [1.807, 2.05) is 30.1 Å². The molecule has 1 aromatic rings. The summed E-state index contributed by atoms with van der Waals surface area (Å²) in [6.07, 6.45) is 3.89. The second-order valence-corrected chi connectivity index (χ2v) is 3.01. The van der Waals surface area contributed by atoms with Gasteiger partial charge in [-0.3, -0.25) is 0 Å². The number of thioether (sulfide) groups is 1. The van der Waals surface area contributed by atoms with Crippen molar-refractivity contribution >= 4 is 11.8 Å². The van der Waals surface area contributed by atoms with Crippen LogP contribution in [0.4, 0.5) is 0 Å². The summed E-state index contributed by atoms with van der Waals surface area (Å²) in [5.41, 5.74) is 0.715. The van der Waals surface area contributed by atoms with Crippen LogP contribution in [0.5, 0.6) is 0 Å². The fourth-order valence-electron chi connectivity index (χ4n) is 0.821. The summed E-state index contributed by atoms with van der Waals surface area (Å²) in [4.78, 5) is 0. The maximum Gasteiger partial charge on any atom is 0.240 e. The first-order chi connectivity index (χ1) is 5.27. The lowest BCUT2D eigenvalue weighted by molar-refractivity contribution is -0.708. The first kappa shape index (κ1) is 11.7. The van der Waals surface area contributed by atoms with Gasteiger partial charge in [0.2, 0.25) is 5.03 Å². The van der Waals surface area contributed by atoms with E-state index in [2.05, 4.69) is 6.07 Å². The van der Waals surface area contributed by atoms with Gasteiger partial charge in [0.1, 0.15) is 7.05 Å². The van der Waals surface area contributed by atoms with Crippen molar-refractivity contribution in [1.82, 2.24) is 0 Å². The van der Waals surface area contributed by atoms with Crippen molar-refractivity contribution in [2.75, 3.05) is 6.26 Å². The number of halogens is 1. The number of nitrogens with zero attached hydrogens (tertiary/aromatic N) is 2. The third kappa shape index (κ3) is 2.64. The molecule has 0 aromatic carbocycles. The fraction of sp³-hybridized carbons (Fsp3) is 0.250. The van der Waals surface area contributed by atoms with Crippen LogP contribution < -0.4 is 28.5 Å². The minimum Gasteiger partial charge on any atom is -1.00 e. The normalized spacial score (nSPS) is 8.42. The molecule has 0 aliphatic carbocycles. The van der Waals surface area contributed by atoms with E-state index in [0.29, 0.717) is 5.56 Å². The largest absolute Gasteiger partial charge is 1.00 e. The standard InChI is InChI=1S/C8H9N2S.HI/c1-10-4-3-7(6-9)5-8(10)11-2;/h3-5H,1-2H3;1H/q+1;/p-1. The fourth-order valence-corrected chi connectivity index (χ4v) is 1.41. The average Bonchev–Trinajstić information content (AvgIpc) is 2.05. The minimum atomic E-state index is 0. The highest BCUT2D eigenvalue weighted by Crippen LogP contribution is 2.09. The Bertz CT molecular complexity index is 306. The summed E-state index contributed by atoms with van der Waals surface area (Å²) >= 11 is 1.64. The Morgan fingerprint density at radius 1 is 1.58 bits per heavy atom. The van der Waals surface area contributed by atoms with Gasteiger partial charge >= 0.3 is 0 Å². The number of pyridine rings is 1. The van der Waals surface area contributed by atoms with E-state index in [-0.39, 0.29) is 24.0 Å². The van der Waals surface area contributed by atoms with Gasteiger partial charge in [0.05, 0.1) is 11.6 Å². The molecule has 1 rings (SSSR count). The topological polar surface area (TPSA) is 27.7 Å². The molecule has 0 unspecified atom stereocenters. The molecule has 0 saturated heterocycles. The van der Waals surface area contributed by atoms with Crippen LogP contribution in [0.1, 0.15) is 5.56 Å². The highest BCUT2D eigenvalue weighted by atomic mass is 127. The van der Waals surface area contributed by atoms with Crippen LogP contribution in [-0.4, -0.2) is 6.26 Å². The monoisotopic (exact) mass is 292 g/mol. The number of rotatable bonds is 1. The van der Waals surface area contributed by atoms with Crippen LogP contribution in [0.15, 0.2) is 23.4 Å². The van der Waals surface area contributed by atoms with Crippen molar-refractivity contribution in [2.45, 2.75) is 5.03 Å². The molecule has 0 atom stereocenters. The lowest BCUT2D eigenvalue weighted by Gasteiger charge is -1.93. The quantitative estimate of drug-likeness (QED) is 0.344. The second kappa shape index (κ2) is 5.38. The van der Waals surface area contributed by atoms with Gasteiger partial charge in [-0.25, -0.2) is 0 Å². The van der Waals surface area contributed by atoms with Crippen molar-refractivity contribution in [3.63, 3.8) is 0 Å². The van der Waals surface area contributed by atoms with Gasteiger partial charge in [-0.15, -0.1) is 0 Å². The van der Waals surface area contributed by atoms with E-state index < -0.39 is 0 Å². The molecular weight excluding hydrogens is 283 g/mol. The van der Waals surface area contributed by atoms with Crippen molar-refractivity contribution in [2.24, 2.45) is 7.05 Å². The van der Waals surface area contributed by atoms with Gasteiger partial charge in [0.15, 0.2) is 6.20 Å². The summed E-state index contributed by atoms with van der Waals surface area (Å²) in [7, 11) is 1.97. The van der Waals surface area contributed by atoms with Gasteiger partial charge in [-0.05, 0) is 6.26 Å². The van der Waals surface area contributed by atoms with E-state index in [1.165, 1.54) is 0 Å². The Morgan fingerprint density at radius 2 is 2.25 bits per heavy atom. The Kier molecular flexibility index (Phi) is 5.25. The van der Waals surface area contributed by atoms with Crippen molar-refractivity contribution < 1.29 is 28.5 Å². The number of hydrogen-bond donors (Lipinski definition) is 0. The zero-order chi connectivity index (χ0) is 8.27. The highest BCUT2D eigenvalue weighted by molar-refractivity contribution is 7.98. The zero-order valence-corrected chi connectivity index (χ0v) is 9.89. The van der Waals surface area contributed by atoms with Crippen LogP contribution >= 0.6 is 11.8 Å². The Morgan fingerprint density at radius 3 is 2.75 bits per heavy atom. The van der Waals surface area contributed by atoms with Crippen LogP contribution in [0, 0.1) is 11.3 Å². The van der Waals surface area contributed by atoms with E-state index >= 15 is 0 Å². The summed E-state index contributed by atoms with van der Waals surface area (Å²) < 4.78 is 1.99. The molecule has 1 heterocycles. The Hall–Kier alpha value is -0.280. The smallest absolute Gasteiger partial charge is 0.240 e. The van der Waals surface area contributed by atoms with Gasteiger partial charge in [0, 0.05) is 12.1 Å². The highest BCUT2D eigenvalue weighted by Gasteiger charge is 2.04. The predicted octanol–water partition coefficient (Wildman–Crippen LogP) is -1.89. The van der Waals surface area contributed by atoms with Crippen LogP contribution in [-0.2, 0) is 7.05 Å². The van der Waals surface area contributed by atoms with Crippen molar-refractivity contribution in [1.29, 1.82) is 5.26 Å². The summed E-state index contributed by atoms with van der Waals surface area (Å²) in [6.45, 7) is 0. The summed E-state index contributed by atoms with van der Waals surface area (Å²) in [5, 5.41) is 9.68. The number of aryl methyl sites for hydroxylation is 1. The third-order valence-corrected chi connectivity index (χ3v) is 2.27. The zero-order valence-electron chi connectivity index (χ0n) is 6.91. The Labute approximate surface area is 93.6 Å². The molecule has 0 fully saturated rings. The molecule has 0 saturated carbocycles. The average molecular weight is 292 g/mol. The lowest BCUT2D eigenvalue weighted by atomic mass is 10.3. The molecule has 2 nitrogen and oxygen atoms in total. The van der Waals surface area contributed by atoms with Crippen LogP contribution in [0.3, 0.4) is 0 Å². The molecule has 0 N–H and O–H groups in total. The Balaban J connectivity index is 0.00000121. The first-order valence-electron chi connectivity index (χ1n) is 3.21. The second-order valence-electron chi connectivity index (χ2n) is 2.18. The lowest BCUT2D eigenvalue weighted by Crippen LogP contribution is -3.00. The molecule has 0 bridgehead atoms. The molecule has 0 radical (unpaired) electrons. The van der Waals surface area contributed by atoms with Gasteiger partial charge < -0.3 is 24.0 Å². The minimum absolute atomic E-state index is 0.